The summed E-state index contributed by atoms with van der Waals surface area (Å²) in [5.41, 5.74) is 2.61. The highest BCUT2D eigenvalue weighted by molar-refractivity contribution is 7.88. The van der Waals surface area contributed by atoms with Crippen LogP contribution in [-0.2, 0) is 14.8 Å². The summed E-state index contributed by atoms with van der Waals surface area (Å²) in [6, 6.07) is 5.72. The van der Waals surface area contributed by atoms with Gasteiger partial charge in [0.15, 0.2) is 0 Å². The Hall–Kier alpha value is -1.44. The fourth-order valence-corrected chi connectivity index (χ4v) is 4.59. The molecule has 0 spiro atoms. The minimum absolute atomic E-state index is 0.0469. The number of para-hydroxylation sites is 1. The van der Waals surface area contributed by atoms with E-state index < -0.39 is 16.1 Å². The molecule has 1 aromatic rings. The van der Waals surface area contributed by atoms with E-state index in [9.17, 15) is 18.3 Å². The molecule has 2 heterocycles. The van der Waals surface area contributed by atoms with Crippen molar-refractivity contribution in [2.75, 3.05) is 30.8 Å². The second-order valence-corrected chi connectivity index (χ2v) is 8.73. The molecule has 1 unspecified atom stereocenters. The van der Waals surface area contributed by atoms with Crippen LogP contribution in [-0.4, -0.2) is 49.6 Å². The summed E-state index contributed by atoms with van der Waals surface area (Å²) in [4.78, 5) is 14.8. The highest BCUT2D eigenvalue weighted by Gasteiger charge is 2.35. The number of piperidine rings is 1. The first-order chi connectivity index (χ1) is 11.3. The van der Waals surface area contributed by atoms with Gasteiger partial charge in [0.1, 0.15) is 0 Å². The number of anilines is 1. The number of hydrogen-bond donors (Lipinski definition) is 1. The van der Waals surface area contributed by atoms with Crippen molar-refractivity contribution in [1.29, 1.82) is 0 Å². The first-order valence-electron chi connectivity index (χ1n) is 8.33. The first kappa shape index (κ1) is 17.4. The molecule has 0 aromatic heterocycles. The van der Waals surface area contributed by atoms with Crippen molar-refractivity contribution in [3.63, 3.8) is 0 Å². The van der Waals surface area contributed by atoms with Gasteiger partial charge in [-0.1, -0.05) is 18.2 Å². The Kier molecular flexibility index (Phi) is 4.68. The highest BCUT2D eigenvalue weighted by Crippen LogP contribution is 2.37. The van der Waals surface area contributed by atoms with Crippen LogP contribution in [0.1, 0.15) is 36.5 Å². The molecule has 1 N–H and O–H groups in total. The number of aliphatic hydroxyl groups is 1. The van der Waals surface area contributed by atoms with Crippen LogP contribution < -0.4 is 4.90 Å². The molecule has 0 bridgehead atoms. The molecule has 1 aromatic carbocycles. The van der Waals surface area contributed by atoms with E-state index in [1.54, 1.807) is 4.90 Å². The Bertz CT molecular complexity index is 739. The smallest absolute Gasteiger partial charge is 0.230 e. The van der Waals surface area contributed by atoms with E-state index in [4.69, 9.17) is 0 Å². The summed E-state index contributed by atoms with van der Waals surface area (Å²) in [6.07, 6.45) is 2.31. The lowest BCUT2D eigenvalue weighted by atomic mass is 9.91. The number of carbonyl (C=O) groups excluding carboxylic acids is 1. The van der Waals surface area contributed by atoms with Crippen molar-refractivity contribution < 1.29 is 18.3 Å². The van der Waals surface area contributed by atoms with E-state index in [0.717, 1.165) is 16.8 Å². The average Bonchev–Trinajstić information content (AvgIpc) is 2.55. The minimum Gasteiger partial charge on any atom is -0.388 e. The Morgan fingerprint density at radius 1 is 1.17 bits per heavy atom. The molecule has 6 nitrogen and oxygen atoms in total. The van der Waals surface area contributed by atoms with Gasteiger partial charge in [0.25, 0.3) is 0 Å². The number of aryl methyl sites for hydroxylation is 1. The van der Waals surface area contributed by atoms with Gasteiger partial charge in [0.05, 0.1) is 18.0 Å². The summed E-state index contributed by atoms with van der Waals surface area (Å²) >= 11 is 0. The van der Waals surface area contributed by atoms with Crippen LogP contribution in [0.15, 0.2) is 18.2 Å². The van der Waals surface area contributed by atoms with Crippen LogP contribution in [0.5, 0.6) is 0 Å². The summed E-state index contributed by atoms with van der Waals surface area (Å²) in [5, 5.41) is 10.2. The molecule has 1 fully saturated rings. The zero-order chi connectivity index (χ0) is 17.5. The number of carbonyl (C=O) groups is 1. The molecule has 1 saturated heterocycles. The van der Waals surface area contributed by atoms with E-state index in [0.29, 0.717) is 38.9 Å². The van der Waals surface area contributed by atoms with Crippen molar-refractivity contribution >= 4 is 21.6 Å². The van der Waals surface area contributed by atoms with E-state index in [2.05, 4.69) is 0 Å². The van der Waals surface area contributed by atoms with Crippen LogP contribution in [0, 0.1) is 12.8 Å². The van der Waals surface area contributed by atoms with Crippen molar-refractivity contribution in [2.45, 2.75) is 32.3 Å². The predicted octanol–water partition coefficient (Wildman–Crippen LogP) is 1.44. The maximum Gasteiger partial charge on any atom is 0.230 e. The third kappa shape index (κ3) is 3.20. The molecular formula is C17H24N2O4S. The van der Waals surface area contributed by atoms with Crippen molar-refractivity contribution in [3.8, 4) is 0 Å². The molecule has 1 atom stereocenters. The molecule has 7 heteroatoms. The quantitative estimate of drug-likeness (QED) is 0.874. The standard InChI is InChI=1S/C17H24N2O4S/c1-12-4-3-5-14-15(20)8-11-19(16(12)14)17(21)13-6-9-18(10-7-13)24(2,22)23/h3-5,13,15,20H,6-11H2,1-2H3. The summed E-state index contributed by atoms with van der Waals surface area (Å²) in [6.45, 7) is 3.24. The van der Waals surface area contributed by atoms with Gasteiger partial charge < -0.3 is 10.0 Å². The lowest BCUT2D eigenvalue weighted by Gasteiger charge is -2.37. The van der Waals surface area contributed by atoms with Gasteiger partial charge in [-0.05, 0) is 31.7 Å². The number of sulfonamides is 1. The molecule has 0 saturated carbocycles. The molecule has 0 radical (unpaired) electrons. The minimum atomic E-state index is -3.19. The molecular weight excluding hydrogens is 328 g/mol. The van der Waals surface area contributed by atoms with Gasteiger partial charge in [-0.25, -0.2) is 12.7 Å². The van der Waals surface area contributed by atoms with Crippen LogP contribution in [0.4, 0.5) is 5.69 Å². The van der Waals surface area contributed by atoms with E-state index in [1.165, 1.54) is 10.6 Å². The zero-order valence-electron chi connectivity index (χ0n) is 14.1. The number of benzene rings is 1. The van der Waals surface area contributed by atoms with Crippen LogP contribution in [0.2, 0.25) is 0 Å². The molecule has 1 amide bonds. The molecule has 24 heavy (non-hydrogen) atoms. The van der Waals surface area contributed by atoms with Gasteiger partial charge in [-0.15, -0.1) is 0 Å². The normalized spacial score (nSPS) is 23.1. The van der Waals surface area contributed by atoms with Gasteiger partial charge in [0.2, 0.25) is 15.9 Å². The second-order valence-electron chi connectivity index (χ2n) is 6.74. The Morgan fingerprint density at radius 2 is 1.83 bits per heavy atom. The van der Waals surface area contributed by atoms with Crippen LogP contribution in [0.25, 0.3) is 0 Å². The Labute approximate surface area is 143 Å². The maximum absolute atomic E-state index is 13.0. The van der Waals surface area contributed by atoms with Crippen LogP contribution in [0.3, 0.4) is 0 Å². The number of fused-ring (bicyclic) bond motifs is 1. The van der Waals surface area contributed by atoms with Crippen molar-refractivity contribution in [3.05, 3.63) is 29.3 Å². The number of nitrogens with zero attached hydrogens (tertiary/aromatic N) is 2. The van der Waals surface area contributed by atoms with E-state index in [1.807, 2.05) is 25.1 Å². The van der Waals surface area contributed by atoms with Crippen LogP contribution >= 0.6 is 0 Å². The van der Waals surface area contributed by atoms with E-state index >= 15 is 0 Å². The predicted molar refractivity (Wildman–Crippen MR) is 92.2 cm³/mol. The number of aliphatic hydroxyl groups excluding tert-OH is 1. The average molecular weight is 352 g/mol. The lowest BCUT2D eigenvalue weighted by molar-refractivity contribution is -0.123. The number of hydrogen-bond acceptors (Lipinski definition) is 4. The monoisotopic (exact) mass is 352 g/mol. The molecule has 3 rings (SSSR count). The van der Waals surface area contributed by atoms with E-state index in [-0.39, 0.29) is 11.8 Å². The zero-order valence-corrected chi connectivity index (χ0v) is 14.9. The Morgan fingerprint density at radius 3 is 2.46 bits per heavy atom. The van der Waals surface area contributed by atoms with Crippen molar-refractivity contribution in [2.24, 2.45) is 5.92 Å². The van der Waals surface area contributed by atoms with Crippen molar-refractivity contribution in [1.82, 2.24) is 4.31 Å². The molecule has 132 valence electrons. The summed E-state index contributed by atoms with van der Waals surface area (Å²) in [5.74, 6) is -0.115. The fraction of sp³-hybridized carbons (Fsp3) is 0.588. The second kappa shape index (κ2) is 6.46. The van der Waals surface area contributed by atoms with Gasteiger partial charge >= 0.3 is 0 Å². The molecule has 0 aliphatic carbocycles. The number of rotatable bonds is 2. The third-order valence-corrected chi connectivity index (χ3v) is 6.37. The fourth-order valence-electron chi connectivity index (χ4n) is 3.71. The van der Waals surface area contributed by atoms with Gasteiger partial charge in [-0.3, -0.25) is 4.79 Å². The molecule has 2 aliphatic heterocycles. The SMILES string of the molecule is Cc1cccc2c1N(C(=O)C1CCN(S(C)(=O)=O)CC1)CCC2O. The number of amides is 1. The first-order valence-corrected chi connectivity index (χ1v) is 10.2. The summed E-state index contributed by atoms with van der Waals surface area (Å²) in [7, 11) is -3.19. The molecule has 2 aliphatic rings. The lowest BCUT2D eigenvalue weighted by Crippen LogP contribution is -2.46. The summed E-state index contributed by atoms with van der Waals surface area (Å²) < 4.78 is 24.7. The topological polar surface area (TPSA) is 77.9 Å². The third-order valence-electron chi connectivity index (χ3n) is 5.06. The van der Waals surface area contributed by atoms with Gasteiger partial charge in [0, 0.05) is 31.1 Å². The van der Waals surface area contributed by atoms with Gasteiger partial charge in [-0.2, -0.15) is 0 Å². The Balaban J connectivity index is 1.79. The highest BCUT2D eigenvalue weighted by atomic mass is 32.2. The maximum atomic E-state index is 13.0. The largest absolute Gasteiger partial charge is 0.388 e.